The van der Waals surface area contributed by atoms with Crippen molar-refractivity contribution < 1.29 is 4.79 Å². The van der Waals surface area contributed by atoms with E-state index in [4.69, 9.17) is 5.73 Å². The molecule has 1 fully saturated rings. The first kappa shape index (κ1) is 20.6. The fourth-order valence-corrected chi connectivity index (χ4v) is 5.34. The number of aryl methyl sites for hydroxylation is 1. The summed E-state index contributed by atoms with van der Waals surface area (Å²) in [5.74, 6) is 0.648. The van der Waals surface area contributed by atoms with E-state index in [1.165, 1.54) is 16.7 Å². The SMILES string of the molecule is Cc1ccc(-c2csc3ncnc(N4CCN([C@H](C(N)=O)c5ccccc5)CC4)c23)cc1. The van der Waals surface area contributed by atoms with Crippen LogP contribution >= 0.6 is 11.3 Å². The number of thiophene rings is 1. The number of fused-ring (bicyclic) bond motifs is 1. The Hall–Kier alpha value is -3.29. The standard InChI is InChI=1S/C25H25N5OS/c1-17-7-9-18(10-8-17)20-15-32-25-21(20)24(27-16-28-25)30-13-11-29(12-14-30)22(23(26)31)19-5-3-2-4-6-19/h2-10,15-16,22H,11-14H2,1H3,(H2,26,31)/t22-/m0/s1. The molecule has 2 N–H and O–H groups in total. The Morgan fingerprint density at radius 3 is 2.41 bits per heavy atom. The smallest absolute Gasteiger partial charge is 0.239 e. The van der Waals surface area contributed by atoms with Crippen molar-refractivity contribution in [2.45, 2.75) is 13.0 Å². The second kappa shape index (κ2) is 8.68. The van der Waals surface area contributed by atoms with Gasteiger partial charge in [-0.15, -0.1) is 11.3 Å². The predicted octanol–water partition coefficient (Wildman–Crippen LogP) is 4.02. The Labute approximate surface area is 191 Å². The Bertz CT molecular complexity index is 1230. The molecule has 2 aromatic heterocycles. The summed E-state index contributed by atoms with van der Waals surface area (Å²) in [5.41, 5.74) is 10.3. The van der Waals surface area contributed by atoms with Crippen LogP contribution in [0, 0.1) is 6.92 Å². The normalized spacial score (nSPS) is 15.7. The van der Waals surface area contributed by atoms with Gasteiger partial charge in [0.1, 0.15) is 23.0 Å². The number of carbonyl (C=O) groups is 1. The molecule has 7 heteroatoms. The maximum absolute atomic E-state index is 12.3. The van der Waals surface area contributed by atoms with E-state index in [0.29, 0.717) is 0 Å². The van der Waals surface area contributed by atoms with E-state index < -0.39 is 6.04 Å². The molecule has 0 unspecified atom stereocenters. The van der Waals surface area contributed by atoms with Gasteiger partial charge in [0.05, 0.1) is 5.39 Å². The van der Waals surface area contributed by atoms with Gasteiger partial charge in [0.15, 0.2) is 0 Å². The van der Waals surface area contributed by atoms with Gasteiger partial charge in [-0.25, -0.2) is 9.97 Å². The molecule has 6 nitrogen and oxygen atoms in total. The fraction of sp³-hybridized carbons (Fsp3) is 0.240. The minimum Gasteiger partial charge on any atom is -0.368 e. The van der Waals surface area contributed by atoms with E-state index in [2.05, 4.69) is 56.3 Å². The fourth-order valence-electron chi connectivity index (χ4n) is 4.43. The van der Waals surface area contributed by atoms with Gasteiger partial charge in [-0.3, -0.25) is 9.69 Å². The minimum absolute atomic E-state index is 0.312. The van der Waals surface area contributed by atoms with Crippen LogP contribution in [-0.4, -0.2) is 47.0 Å². The first-order chi connectivity index (χ1) is 15.6. The molecule has 0 bridgehead atoms. The Morgan fingerprint density at radius 2 is 1.72 bits per heavy atom. The number of anilines is 1. The number of rotatable bonds is 5. The monoisotopic (exact) mass is 443 g/mol. The van der Waals surface area contributed by atoms with E-state index in [9.17, 15) is 4.79 Å². The van der Waals surface area contributed by atoms with Gasteiger partial charge in [0.25, 0.3) is 0 Å². The van der Waals surface area contributed by atoms with E-state index in [1.54, 1.807) is 17.7 Å². The highest BCUT2D eigenvalue weighted by Crippen LogP contribution is 2.38. The number of primary amides is 1. The molecule has 3 heterocycles. The molecule has 0 aliphatic carbocycles. The minimum atomic E-state index is -0.409. The van der Waals surface area contributed by atoms with Crippen molar-refractivity contribution in [1.82, 2.24) is 14.9 Å². The van der Waals surface area contributed by atoms with Crippen LogP contribution in [0.25, 0.3) is 21.3 Å². The molecular weight excluding hydrogens is 418 g/mol. The highest BCUT2D eigenvalue weighted by Gasteiger charge is 2.30. The van der Waals surface area contributed by atoms with Crippen LogP contribution in [0.15, 0.2) is 66.3 Å². The van der Waals surface area contributed by atoms with Gasteiger partial charge in [0, 0.05) is 37.1 Å². The molecule has 1 atom stereocenters. The summed E-state index contributed by atoms with van der Waals surface area (Å²) in [6, 6.07) is 17.9. The lowest BCUT2D eigenvalue weighted by atomic mass is 10.0. The zero-order chi connectivity index (χ0) is 22.1. The quantitative estimate of drug-likeness (QED) is 0.504. The molecule has 0 spiro atoms. The number of aromatic nitrogens is 2. The molecule has 0 saturated carbocycles. The number of hydrogen-bond acceptors (Lipinski definition) is 6. The first-order valence-electron chi connectivity index (χ1n) is 10.7. The summed E-state index contributed by atoms with van der Waals surface area (Å²) in [6.45, 7) is 5.10. The van der Waals surface area contributed by atoms with Crippen LogP contribution in [0.4, 0.5) is 5.82 Å². The van der Waals surface area contributed by atoms with Crippen LogP contribution in [0.1, 0.15) is 17.2 Å². The first-order valence-corrected chi connectivity index (χ1v) is 11.6. The van der Waals surface area contributed by atoms with Crippen LogP contribution in [0.5, 0.6) is 0 Å². The lowest BCUT2D eigenvalue weighted by molar-refractivity contribution is -0.123. The maximum atomic E-state index is 12.3. The molecule has 1 amide bonds. The van der Waals surface area contributed by atoms with Crippen LogP contribution in [0.2, 0.25) is 0 Å². The molecule has 1 saturated heterocycles. The van der Waals surface area contributed by atoms with Crippen molar-refractivity contribution >= 4 is 33.3 Å². The van der Waals surface area contributed by atoms with Crippen LogP contribution in [-0.2, 0) is 4.79 Å². The van der Waals surface area contributed by atoms with E-state index in [1.807, 2.05) is 30.3 Å². The number of amides is 1. The van der Waals surface area contributed by atoms with Crippen molar-refractivity contribution in [1.29, 1.82) is 0 Å². The van der Waals surface area contributed by atoms with Crippen LogP contribution in [0.3, 0.4) is 0 Å². The number of hydrogen-bond donors (Lipinski definition) is 1. The van der Waals surface area contributed by atoms with Gasteiger partial charge in [0.2, 0.25) is 5.91 Å². The number of nitrogens with zero attached hydrogens (tertiary/aromatic N) is 4. The molecule has 4 aromatic rings. The van der Waals surface area contributed by atoms with E-state index in [0.717, 1.165) is 47.8 Å². The Kier molecular flexibility index (Phi) is 5.59. The zero-order valence-corrected chi connectivity index (χ0v) is 18.8. The average Bonchev–Trinajstić information content (AvgIpc) is 3.25. The largest absolute Gasteiger partial charge is 0.368 e. The molecule has 1 aliphatic rings. The highest BCUT2D eigenvalue weighted by atomic mass is 32.1. The lowest BCUT2D eigenvalue weighted by Crippen LogP contribution is -2.50. The molecule has 162 valence electrons. The second-order valence-electron chi connectivity index (χ2n) is 8.13. The highest BCUT2D eigenvalue weighted by molar-refractivity contribution is 7.17. The van der Waals surface area contributed by atoms with Crippen LogP contribution < -0.4 is 10.6 Å². The maximum Gasteiger partial charge on any atom is 0.239 e. The zero-order valence-electron chi connectivity index (χ0n) is 17.9. The third kappa shape index (κ3) is 3.85. The van der Waals surface area contributed by atoms with Gasteiger partial charge >= 0.3 is 0 Å². The van der Waals surface area contributed by atoms with E-state index >= 15 is 0 Å². The van der Waals surface area contributed by atoms with Gasteiger partial charge < -0.3 is 10.6 Å². The number of piperazine rings is 1. The van der Waals surface area contributed by atoms with Crippen molar-refractivity contribution in [3.05, 3.63) is 77.4 Å². The third-order valence-electron chi connectivity index (χ3n) is 6.08. The molecule has 32 heavy (non-hydrogen) atoms. The Balaban J connectivity index is 1.42. The Morgan fingerprint density at radius 1 is 1.00 bits per heavy atom. The number of carbonyl (C=O) groups excluding carboxylic acids is 1. The third-order valence-corrected chi connectivity index (χ3v) is 6.96. The summed E-state index contributed by atoms with van der Waals surface area (Å²) in [4.78, 5) is 26.9. The summed E-state index contributed by atoms with van der Waals surface area (Å²) >= 11 is 1.65. The molecule has 0 radical (unpaired) electrons. The number of benzene rings is 2. The van der Waals surface area contributed by atoms with Gasteiger partial charge in [-0.2, -0.15) is 0 Å². The van der Waals surface area contributed by atoms with Gasteiger partial charge in [-0.1, -0.05) is 60.2 Å². The van der Waals surface area contributed by atoms with Crippen molar-refractivity contribution in [2.24, 2.45) is 5.73 Å². The summed E-state index contributed by atoms with van der Waals surface area (Å²) in [7, 11) is 0. The van der Waals surface area contributed by atoms with Crippen molar-refractivity contribution in [3.8, 4) is 11.1 Å². The topological polar surface area (TPSA) is 75.3 Å². The number of nitrogens with two attached hydrogens (primary N) is 1. The van der Waals surface area contributed by atoms with Gasteiger partial charge in [-0.05, 0) is 18.1 Å². The second-order valence-corrected chi connectivity index (χ2v) is 8.99. The van der Waals surface area contributed by atoms with Crippen molar-refractivity contribution in [3.63, 3.8) is 0 Å². The predicted molar refractivity (Wildman–Crippen MR) is 130 cm³/mol. The lowest BCUT2D eigenvalue weighted by Gasteiger charge is -2.39. The summed E-state index contributed by atoms with van der Waals surface area (Å²) < 4.78 is 0. The van der Waals surface area contributed by atoms with E-state index in [-0.39, 0.29) is 5.91 Å². The summed E-state index contributed by atoms with van der Waals surface area (Å²) in [6.07, 6.45) is 1.65. The molecule has 1 aliphatic heterocycles. The molecule has 5 rings (SSSR count). The molecular formula is C25H25N5OS. The average molecular weight is 444 g/mol. The van der Waals surface area contributed by atoms with Crippen molar-refractivity contribution in [2.75, 3.05) is 31.1 Å². The molecule has 2 aromatic carbocycles. The summed E-state index contributed by atoms with van der Waals surface area (Å²) in [5, 5.41) is 3.27.